The molecule has 0 unspecified atom stereocenters. The van der Waals surface area contributed by atoms with Gasteiger partial charge in [-0.15, -0.1) is 0 Å². The van der Waals surface area contributed by atoms with Crippen LogP contribution >= 0.6 is 0 Å². The number of carbonyl (C=O) groups is 2. The summed E-state index contributed by atoms with van der Waals surface area (Å²) < 4.78 is 34.9. The van der Waals surface area contributed by atoms with E-state index in [1.807, 2.05) is 30.3 Å². The molecule has 0 atom stereocenters. The molecule has 1 saturated heterocycles. The minimum atomic E-state index is -0.857. The summed E-state index contributed by atoms with van der Waals surface area (Å²) in [7, 11) is 0. The van der Waals surface area contributed by atoms with Gasteiger partial charge in [0.15, 0.2) is 11.5 Å². The maximum atomic E-state index is 14.1. The molecule has 2 aromatic carbocycles. The van der Waals surface area contributed by atoms with E-state index in [2.05, 4.69) is 15.0 Å². The number of hydrogen-bond acceptors (Lipinski definition) is 6. The summed E-state index contributed by atoms with van der Waals surface area (Å²) in [5, 5.41) is 4.43. The highest BCUT2D eigenvalue weighted by atomic mass is 19.1. The van der Waals surface area contributed by atoms with Gasteiger partial charge in [-0.2, -0.15) is 5.10 Å². The second-order valence-electron chi connectivity index (χ2n) is 8.66. The standard InChI is InChI=1S/C28H25F2N5O3/c1-2-38-28(37)23-18-24(35(32-23)25-8-3-4-13-31-25)19-9-11-20(12-10-19)33-14-16-34(17-15-33)27(36)26-21(29)6-5-7-22(26)30/h3-13,18H,2,14-17H2,1H3. The van der Waals surface area contributed by atoms with Crippen molar-refractivity contribution in [1.82, 2.24) is 19.7 Å². The number of benzene rings is 2. The average molecular weight is 518 g/mol. The lowest BCUT2D eigenvalue weighted by molar-refractivity contribution is 0.0518. The molecule has 0 radical (unpaired) electrons. The molecule has 10 heteroatoms. The number of amides is 1. The van der Waals surface area contributed by atoms with Gasteiger partial charge in [-0.3, -0.25) is 4.79 Å². The lowest BCUT2D eigenvalue weighted by atomic mass is 10.1. The quantitative estimate of drug-likeness (QED) is 0.354. The number of piperazine rings is 1. The molecule has 1 aliphatic heterocycles. The van der Waals surface area contributed by atoms with E-state index in [0.29, 0.717) is 37.7 Å². The number of aromatic nitrogens is 3. The van der Waals surface area contributed by atoms with Crippen LogP contribution in [0.5, 0.6) is 0 Å². The van der Waals surface area contributed by atoms with Crippen molar-refractivity contribution in [3.8, 4) is 17.1 Å². The lowest BCUT2D eigenvalue weighted by Crippen LogP contribution is -2.49. The zero-order valence-electron chi connectivity index (χ0n) is 20.7. The van der Waals surface area contributed by atoms with Crippen molar-refractivity contribution in [2.45, 2.75) is 6.92 Å². The topological polar surface area (TPSA) is 80.6 Å². The SMILES string of the molecule is CCOC(=O)c1cc(-c2ccc(N3CCN(C(=O)c4c(F)cccc4F)CC3)cc2)n(-c2ccccn2)n1. The Morgan fingerprint density at radius 3 is 2.26 bits per heavy atom. The number of halogens is 2. The van der Waals surface area contributed by atoms with E-state index >= 15 is 0 Å². The molecule has 3 heterocycles. The van der Waals surface area contributed by atoms with E-state index in [0.717, 1.165) is 23.4 Å². The fraction of sp³-hybridized carbons (Fsp3) is 0.214. The third-order valence-electron chi connectivity index (χ3n) is 6.33. The Morgan fingerprint density at radius 1 is 0.921 bits per heavy atom. The van der Waals surface area contributed by atoms with Gasteiger partial charge < -0.3 is 14.5 Å². The monoisotopic (exact) mass is 517 g/mol. The Balaban J connectivity index is 1.33. The van der Waals surface area contributed by atoms with Crippen LogP contribution in [0.3, 0.4) is 0 Å². The first kappa shape index (κ1) is 25.1. The minimum Gasteiger partial charge on any atom is -0.461 e. The number of nitrogens with zero attached hydrogens (tertiary/aromatic N) is 5. The molecule has 0 N–H and O–H groups in total. The average Bonchev–Trinajstić information content (AvgIpc) is 3.40. The molecule has 1 fully saturated rings. The molecule has 38 heavy (non-hydrogen) atoms. The number of carbonyl (C=O) groups excluding carboxylic acids is 2. The molecule has 4 aromatic rings. The van der Waals surface area contributed by atoms with E-state index in [9.17, 15) is 18.4 Å². The van der Waals surface area contributed by atoms with Crippen LogP contribution in [-0.4, -0.2) is 64.3 Å². The molecular weight excluding hydrogens is 492 g/mol. The van der Waals surface area contributed by atoms with E-state index in [4.69, 9.17) is 4.74 Å². The van der Waals surface area contributed by atoms with Crippen molar-refractivity contribution in [2.75, 3.05) is 37.7 Å². The Kier molecular flexibility index (Phi) is 7.12. The molecule has 0 spiro atoms. The third kappa shape index (κ3) is 4.97. The molecule has 8 nitrogen and oxygen atoms in total. The first-order valence-electron chi connectivity index (χ1n) is 12.2. The Morgan fingerprint density at radius 2 is 1.63 bits per heavy atom. The summed E-state index contributed by atoms with van der Waals surface area (Å²) in [6.07, 6.45) is 1.65. The third-order valence-corrected chi connectivity index (χ3v) is 6.33. The van der Waals surface area contributed by atoms with Crippen molar-refractivity contribution in [2.24, 2.45) is 0 Å². The number of anilines is 1. The molecule has 0 aliphatic carbocycles. The van der Waals surface area contributed by atoms with Gasteiger partial charge in [0.25, 0.3) is 5.91 Å². The predicted octanol–water partition coefficient (Wildman–Crippen LogP) is 4.35. The van der Waals surface area contributed by atoms with E-state index < -0.39 is 29.1 Å². The summed E-state index contributed by atoms with van der Waals surface area (Å²) in [5.41, 5.74) is 2.11. The predicted molar refractivity (Wildman–Crippen MR) is 137 cm³/mol. The van der Waals surface area contributed by atoms with Gasteiger partial charge in [-0.25, -0.2) is 23.2 Å². The summed E-state index contributed by atoms with van der Waals surface area (Å²) in [5.74, 6) is -2.30. The maximum absolute atomic E-state index is 14.1. The van der Waals surface area contributed by atoms with Gasteiger partial charge in [0.05, 0.1) is 12.3 Å². The van der Waals surface area contributed by atoms with Crippen LogP contribution < -0.4 is 4.90 Å². The molecule has 5 rings (SSSR count). The summed E-state index contributed by atoms with van der Waals surface area (Å²) >= 11 is 0. The van der Waals surface area contributed by atoms with Crippen molar-refractivity contribution in [3.63, 3.8) is 0 Å². The second kappa shape index (κ2) is 10.8. The number of ether oxygens (including phenoxy) is 1. The zero-order chi connectivity index (χ0) is 26.6. The maximum Gasteiger partial charge on any atom is 0.358 e. The fourth-order valence-electron chi connectivity index (χ4n) is 4.42. The van der Waals surface area contributed by atoms with Gasteiger partial charge >= 0.3 is 5.97 Å². The van der Waals surface area contributed by atoms with Gasteiger partial charge in [-0.05, 0) is 49.4 Å². The number of pyridine rings is 1. The second-order valence-corrected chi connectivity index (χ2v) is 8.66. The van der Waals surface area contributed by atoms with Crippen LogP contribution in [0.4, 0.5) is 14.5 Å². The van der Waals surface area contributed by atoms with Gasteiger partial charge in [0.1, 0.15) is 17.2 Å². The lowest BCUT2D eigenvalue weighted by Gasteiger charge is -2.36. The largest absolute Gasteiger partial charge is 0.461 e. The minimum absolute atomic E-state index is 0.184. The molecule has 194 valence electrons. The Bertz CT molecular complexity index is 1430. The summed E-state index contributed by atoms with van der Waals surface area (Å²) in [6, 6.07) is 18.3. The van der Waals surface area contributed by atoms with Crippen LogP contribution in [0, 0.1) is 11.6 Å². The number of rotatable bonds is 6. The van der Waals surface area contributed by atoms with E-state index in [1.165, 1.54) is 11.0 Å². The fourth-order valence-corrected chi connectivity index (χ4v) is 4.42. The van der Waals surface area contributed by atoms with Gasteiger partial charge in [-0.1, -0.05) is 24.3 Å². The summed E-state index contributed by atoms with van der Waals surface area (Å²) in [6.45, 7) is 3.68. The highest BCUT2D eigenvalue weighted by molar-refractivity contribution is 5.95. The Hall–Kier alpha value is -4.60. The first-order valence-corrected chi connectivity index (χ1v) is 12.2. The van der Waals surface area contributed by atoms with Crippen LogP contribution in [0.2, 0.25) is 0 Å². The smallest absolute Gasteiger partial charge is 0.358 e. The van der Waals surface area contributed by atoms with Gasteiger partial charge in [0.2, 0.25) is 0 Å². The molecule has 0 bridgehead atoms. The van der Waals surface area contributed by atoms with E-state index in [1.54, 1.807) is 36.0 Å². The van der Waals surface area contributed by atoms with Crippen molar-refractivity contribution < 1.29 is 23.1 Å². The number of hydrogen-bond donors (Lipinski definition) is 0. The van der Waals surface area contributed by atoms with Crippen LogP contribution in [0.25, 0.3) is 17.1 Å². The van der Waals surface area contributed by atoms with E-state index in [-0.39, 0.29) is 12.3 Å². The molecule has 0 saturated carbocycles. The van der Waals surface area contributed by atoms with Crippen molar-refractivity contribution in [3.05, 3.63) is 95.8 Å². The summed E-state index contributed by atoms with van der Waals surface area (Å²) in [4.78, 5) is 33.0. The van der Waals surface area contributed by atoms with Crippen LogP contribution in [0.1, 0.15) is 27.8 Å². The van der Waals surface area contributed by atoms with Gasteiger partial charge in [0, 0.05) is 43.6 Å². The van der Waals surface area contributed by atoms with Crippen LogP contribution in [-0.2, 0) is 4.74 Å². The molecule has 1 amide bonds. The normalized spacial score (nSPS) is 13.4. The highest BCUT2D eigenvalue weighted by Crippen LogP contribution is 2.27. The van der Waals surface area contributed by atoms with Crippen molar-refractivity contribution in [1.29, 1.82) is 0 Å². The molecule has 2 aromatic heterocycles. The van der Waals surface area contributed by atoms with Crippen LogP contribution in [0.15, 0.2) is 72.9 Å². The highest BCUT2D eigenvalue weighted by Gasteiger charge is 2.27. The zero-order valence-corrected chi connectivity index (χ0v) is 20.7. The number of esters is 1. The Labute approximate surface area is 218 Å². The van der Waals surface area contributed by atoms with Crippen molar-refractivity contribution >= 4 is 17.6 Å². The molecular formula is C28H25F2N5O3. The molecule has 1 aliphatic rings. The first-order chi connectivity index (χ1) is 18.5.